The highest BCUT2D eigenvalue weighted by atomic mass is 14.4. The third kappa shape index (κ3) is 5.92. The zero-order valence-electron chi connectivity index (χ0n) is 33.0. The molecule has 0 saturated heterocycles. The Hall–Kier alpha value is -6.76. The number of rotatable bonds is 6. The van der Waals surface area contributed by atoms with E-state index in [-0.39, 0.29) is 5.41 Å². The first-order valence-electron chi connectivity index (χ1n) is 20.1. The average Bonchev–Trinajstić information content (AvgIpc) is 3.49. The molecule has 1 aliphatic carbocycles. The van der Waals surface area contributed by atoms with Crippen LogP contribution in [0.3, 0.4) is 0 Å². The molecule has 0 aliphatic heterocycles. The maximum atomic E-state index is 2.50. The van der Waals surface area contributed by atoms with Crippen LogP contribution in [0.15, 0.2) is 194 Å². The third-order valence-electron chi connectivity index (χ3n) is 12.2. The molecule has 0 unspecified atom stereocenters. The highest BCUT2D eigenvalue weighted by molar-refractivity contribution is 6.21. The molecule has 0 N–H and O–H groups in total. The van der Waals surface area contributed by atoms with Crippen LogP contribution < -0.4 is 0 Å². The van der Waals surface area contributed by atoms with Crippen molar-refractivity contribution < 1.29 is 0 Å². The number of aryl methyl sites for hydroxylation is 2. The molecule has 57 heavy (non-hydrogen) atoms. The lowest BCUT2D eigenvalue weighted by Crippen LogP contribution is -2.16. The van der Waals surface area contributed by atoms with E-state index in [1.54, 1.807) is 0 Å². The summed E-state index contributed by atoms with van der Waals surface area (Å²) in [5.74, 6) is 0. The van der Waals surface area contributed by atoms with E-state index in [1.807, 2.05) is 0 Å². The molecule has 9 aromatic rings. The molecular formula is C57H44. The summed E-state index contributed by atoms with van der Waals surface area (Å²) in [5.41, 5.74) is 20.3. The van der Waals surface area contributed by atoms with Crippen LogP contribution in [0, 0.1) is 13.8 Å². The Balaban J connectivity index is 1.10. The Morgan fingerprint density at radius 2 is 0.684 bits per heavy atom. The fraction of sp³-hybridized carbons (Fsp3) is 0.0877. The molecule has 0 spiro atoms. The van der Waals surface area contributed by atoms with E-state index in [2.05, 4.69) is 222 Å². The molecular weight excluding hydrogens is 685 g/mol. The van der Waals surface area contributed by atoms with Crippen molar-refractivity contribution >= 4 is 32.7 Å². The molecule has 0 heterocycles. The van der Waals surface area contributed by atoms with Crippen LogP contribution in [-0.4, -0.2) is 0 Å². The molecule has 0 aromatic heterocycles. The van der Waals surface area contributed by atoms with Crippen LogP contribution in [0.5, 0.6) is 0 Å². The van der Waals surface area contributed by atoms with Crippen LogP contribution in [0.4, 0.5) is 0 Å². The van der Waals surface area contributed by atoms with Gasteiger partial charge in [0, 0.05) is 5.41 Å². The highest BCUT2D eigenvalue weighted by Crippen LogP contribution is 2.54. The van der Waals surface area contributed by atoms with Gasteiger partial charge < -0.3 is 0 Å². The van der Waals surface area contributed by atoms with Gasteiger partial charge in [-0.25, -0.2) is 0 Å². The van der Waals surface area contributed by atoms with Gasteiger partial charge in [-0.05, 0) is 119 Å². The van der Waals surface area contributed by atoms with Gasteiger partial charge in [0.05, 0.1) is 0 Å². The normalized spacial score (nSPS) is 13.3. The first-order valence-corrected chi connectivity index (χ1v) is 20.1. The number of hydrogen-bond donors (Lipinski definition) is 0. The van der Waals surface area contributed by atoms with Gasteiger partial charge in [-0.2, -0.15) is 0 Å². The van der Waals surface area contributed by atoms with Gasteiger partial charge in [0.25, 0.3) is 0 Å². The molecule has 0 atom stereocenters. The Labute approximate surface area is 336 Å². The van der Waals surface area contributed by atoms with Crippen molar-refractivity contribution in [2.24, 2.45) is 0 Å². The molecule has 0 nitrogen and oxygen atoms in total. The smallest absolute Gasteiger partial charge is 0.0165 e. The molecule has 0 radical (unpaired) electrons. The van der Waals surface area contributed by atoms with Crippen LogP contribution in [0.1, 0.15) is 47.2 Å². The van der Waals surface area contributed by atoms with Gasteiger partial charge in [-0.15, -0.1) is 0 Å². The lowest BCUT2D eigenvalue weighted by Gasteiger charge is -2.26. The molecule has 0 heteroatoms. The summed E-state index contributed by atoms with van der Waals surface area (Å²) in [7, 11) is 0. The Morgan fingerprint density at radius 3 is 1.18 bits per heavy atom. The van der Waals surface area contributed by atoms with E-state index in [0.717, 1.165) is 0 Å². The van der Waals surface area contributed by atoms with Crippen molar-refractivity contribution in [3.05, 3.63) is 228 Å². The summed E-state index contributed by atoms with van der Waals surface area (Å²) in [6.45, 7) is 9.15. The number of benzene rings is 9. The lowest BCUT2D eigenvalue weighted by atomic mass is 9.77. The molecule has 9 aromatic carbocycles. The Kier molecular flexibility index (Phi) is 8.38. The zero-order chi connectivity index (χ0) is 38.7. The van der Waals surface area contributed by atoms with Gasteiger partial charge >= 0.3 is 0 Å². The quantitative estimate of drug-likeness (QED) is 0.150. The molecule has 1 aliphatic rings. The standard InChI is InChI=1S/C57H44/c1-37-18-22-44(23-19-37)55-51-35-34-46(36-52(51)57(3,4)56(55)45-24-20-38(2)21-25-45)54-49-16-10-8-14-47(49)53(48-15-9-11-17-50(48)54)43-32-30-42(31-33-43)41-28-26-40(27-29-41)39-12-6-5-7-13-39/h5-36H,1-4H3. The van der Waals surface area contributed by atoms with Crippen molar-refractivity contribution in [2.45, 2.75) is 33.1 Å². The summed E-state index contributed by atoms with van der Waals surface area (Å²) in [5, 5.41) is 5.08. The first-order chi connectivity index (χ1) is 27.8. The lowest BCUT2D eigenvalue weighted by molar-refractivity contribution is 0.704. The van der Waals surface area contributed by atoms with E-state index in [9.17, 15) is 0 Å². The van der Waals surface area contributed by atoms with E-state index >= 15 is 0 Å². The first kappa shape index (κ1) is 34.7. The Morgan fingerprint density at radius 1 is 0.316 bits per heavy atom. The van der Waals surface area contributed by atoms with Gasteiger partial charge in [0.1, 0.15) is 0 Å². The highest BCUT2D eigenvalue weighted by Gasteiger charge is 2.39. The van der Waals surface area contributed by atoms with Crippen LogP contribution >= 0.6 is 0 Å². The Bertz CT molecular complexity index is 2920. The monoisotopic (exact) mass is 728 g/mol. The summed E-state index contributed by atoms with van der Waals surface area (Å²) < 4.78 is 0. The minimum atomic E-state index is -0.212. The van der Waals surface area contributed by atoms with Crippen LogP contribution in [0.2, 0.25) is 0 Å². The third-order valence-corrected chi connectivity index (χ3v) is 12.2. The van der Waals surface area contributed by atoms with E-state index in [4.69, 9.17) is 0 Å². The number of allylic oxidation sites excluding steroid dienone is 1. The van der Waals surface area contributed by atoms with Crippen LogP contribution in [-0.2, 0) is 5.41 Å². The van der Waals surface area contributed by atoms with Gasteiger partial charge in [0.2, 0.25) is 0 Å². The second kappa shape index (κ2) is 13.8. The predicted octanol–water partition coefficient (Wildman–Crippen LogP) is 15.5. The molecule has 0 amide bonds. The number of hydrogen-bond acceptors (Lipinski definition) is 0. The van der Waals surface area contributed by atoms with Crippen molar-refractivity contribution in [3.63, 3.8) is 0 Å². The fourth-order valence-electron chi connectivity index (χ4n) is 9.33. The second-order valence-electron chi connectivity index (χ2n) is 16.2. The predicted molar refractivity (Wildman–Crippen MR) is 244 cm³/mol. The molecule has 0 saturated carbocycles. The molecule has 10 rings (SSSR count). The SMILES string of the molecule is Cc1ccc(C2=C(c3ccc(C)cc3)C(C)(C)c3cc(-c4c5ccccc5c(-c5ccc(-c6ccc(-c7ccccc7)cc6)cc5)c5ccccc45)ccc32)cc1. The van der Waals surface area contributed by atoms with E-state index in [0.29, 0.717) is 0 Å². The topological polar surface area (TPSA) is 0 Å². The van der Waals surface area contributed by atoms with Gasteiger partial charge in [0.15, 0.2) is 0 Å². The van der Waals surface area contributed by atoms with Crippen molar-refractivity contribution in [2.75, 3.05) is 0 Å². The molecule has 0 fully saturated rings. The maximum absolute atomic E-state index is 2.50. The fourth-order valence-corrected chi connectivity index (χ4v) is 9.33. The minimum Gasteiger partial charge on any atom is -0.0622 e. The summed E-state index contributed by atoms with van der Waals surface area (Å²) in [6.07, 6.45) is 0. The largest absolute Gasteiger partial charge is 0.0622 e. The second-order valence-corrected chi connectivity index (χ2v) is 16.2. The van der Waals surface area contributed by atoms with Crippen molar-refractivity contribution in [3.8, 4) is 44.5 Å². The average molecular weight is 729 g/mol. The van der Waals surface area contributed by atoms with Gasteiger partial charge in [-0.3, -0.25) is 0 Å². The minimum absolute atomic E-state index is 0.212. The van der Waals surface area contributed by atoms with E-state index < -0.39 is 0 Å². The van der Waals surface area contributed by atoms with Crippen molar-refractivity contribution in [1.29, 1.82) is 0 Å². The summed E-state index contributed by atoms with van der Waals surface area (Å²) in [4.78, 5) is 0. The van der Waals surface area contributed by atoms with Crippen LogP contribution in [0.25, 0.3) is 77.2 Å². The molecule has 0 bridgehead atoms. The maximum Gasteiger partial charge on any atom is 0.0165 e. The number of fused-ring (bicyclic) bond motifs is 3. The summed E-state index contributed by atoms with van der Waals surface area (Å²) >= 11 is 0. The molecule has 272 valence electrons. The summed E-state index contributed by atoms with van der Waals surface area (Å²) in [6, 6.07) is 72.1. The van der Waals surface area contributed by atoms with E-state index in [1.165, 1.54) is 111 Å². The van der Waals surface area contributed by atoms with Crippen molar-refractivity contribution in [1.82, 2.24) is 0 Å². The zero-order valence-corrected chi connectivity index (χ0v) is 33.0. The van der Waals surface area contributed by atoms with Gasteiger partial charge in [-0.1, -0.05) is 213 Å².